The zero-order valence-electron chi connectivity index (χ0n) is 16.9. The van der Waals surface area contributed by atoms with E-state index in [0.717, 1.165) is 11.3 Å². The Morgan fingerprint density at radius 1 is 1.10 bits per heavy atom. The van der Waals surface area contributed by atoms with Gasteiger partial charge >= 0.3 is 0 Å². The van der Waals surface area contributed by atoms with Crippen LogP contribution in [-0.4, -0.2) is 31.2 Å². The van der Waals surface area contributed by atoms with Crippen molar-refractivity contribution in [2.24, 2.45) is 4.99 Å². The third kappa shape index (κ3) is 3.73. The van der Waals surface area contributed by atoms with E-state index in [2.05, 4.69) is 4.99 Å². The lowest BCUT2D eigenvalue weighted by Crippen LogP contribution is -2.42. The fourth-order valence-corrected chi connectivity index (χ4v) is 4.24. The molecule has 0 aliphatic carbocycles. The average Bonchev–Trinajstić information content (AvgIpc) is 3.08. The van der Waals surface area contributed by atoms with Gasteiger partial charge in [-0.3, -0.25) is 14.2 Å². The highest BCUT2D eigenvalue weighted by Crippen LogP contribution is 2.27. The summed E-state index contributed by atoms with van der Waals surface area (Å²) in [4.78, 5) is 31.7. The van der Waals surface area contributed by atoms with Crippen molar-refractivity contribution < 1.29 is 14.3 Å². The summed E-state index contributed by atoms with van der Waals surface area (Å²) >= 11 is 1.37. The summed E-state index contributed by atoms with van der Waals surface area (Å²) in [7, 11) is 3.17. The first-order valence-electron chi connectivity index (χ1n) is 9.34. The van der Waals surface area contributed by atoms with Gasteiger partial charge in [0, 0.05) is 11.3 Å². The molecule has 0 radical (unpaired) electrons. The summed E-state index contributed by atoms with van der Waals surface area (Å²) in [5, 5.41) is 0. The molecule has 2 aromatic carbocycles. The number of nitrogens with zero attached hydrogens (tertiary/aromatic N) is 3. The molecule has 1 aliphatic rings. The standard InChI is InChI=1S/C22H21N3O4S/c1-14(26)16-5-7-17(8-6-16)24-12-23-22-25(13-24)21(27)20(30-22)11-15-4-9-18(28-2)19(10-15)29-3/h4-11H,12-13H2,1-3H3/b20-11-. The number of ether oxygens (including phenoxy) is 2. The van der Waals surface area contributed by atoms with Crippen LogP contribution in [0.1, 0.15) is 22.8 Å². The van der Waals surface area contributed by atoms with Crippen molar-refractivity contribution >= 4 is 28.9 Å². The summed E-state index contributed by atoms with van der Waals surface area (Å²) in [6.07, 6.45) is 1.84. The molecule has 30 heavy (non-hydrogen) atoms. The van der Waals surface area contributed by atoms with Gasteiger partial charge in [0.2, 0.25) is 0 Å². The number of thiazole rings is 1. The zero-order valence-corrected chi connectivity index (χ0v) is 17.7. The van der Waals surface area contributed by atoms with Crippen molar-refractivity contribution in [3.05, 3.63) is 73.3 Å². The van der Waals surface area contributed by atoms with Crippen LogP contribution in [0.5, 0.6) is 11.5 Å². The molecule has 0 spiro atoms. The molecule has 0 atom stereocenters. The van der Waals surface area contributed by atoms with E-state index < -0.39 is 0 Å². The van der Waals surface area contributed by atoms with E-state index in [1.807, 2.05) is 41.3 Å². The molecule has 0 unspecified atom stereocenters. The number of carbonyl (C=O) groups excluding carboxylic acids is 1. The van der Waals surface area contributed by atoms with Gasteiger partial charge < -0.3 is 14.4 Å². The molecular formula is C22H21N3O4S. The minimum atomic E-state index is -0.0846. The molecule has 1 aromatic heterocycles. The van der Waals surface area contributed by atoms with Gasteiger partial charge in [0.05, 0.1) is 18.8 Å². The van der Waals surface area contributed by atoms with Crippen molar-refractivity contribution in [3.63, 3.8) is 0 Å². The number of methoxy groups -OCH3 is 2. The van der Waals surface area contributed by atoms with E-state index in [0.29, 0.717) is 39.7 Å². The minimum Gasteiger partial charge on any atom is -0.493 e. The molecule has 0 amide bonds. The molecule has 0 saturated heterocycles. The smallest absolute Gasteiger partial charge is 0.271 e. The second-order valence-corrected chi connectivity index (χ2v) is 7.83. The average molecular weight is 423 g/mol. The van der Waals surface area contributed by atoms with Crippen LogP contribution < -0.4 is 29.3 Å². The van der Waals surface area contributed by atoms with Crippen molar-refractivity contribution in [1.29, 1.82) is 0 Å². The number of Topliss-reactive ketones (excluding diaryl/α,β-unsaturated/α-hetero) is 1. The van der Waals surface area contributed by atoms with E-state index >= 15 is 0 Å². The quantitative estimate of drug-likeness (QED) is 0.587. The summed E-state index contributed by atoms with van der Waals surface area (Å²) in [5.74, 6) is 1.27. The summed E-state index contributed by atoms with van der Waals surface area (Å²) in [6.45, 7) is 2.40. The Hall–Kier alpha value is -3.39. The maximum atomic E-state index is 13.0. The van der Waals surface area contributed by atoms with Crippen LogP contribution >= 0.6 is 11.3 Å². The van der Waals surface area contributed by atoms with Gasteiger partial charge in [-0.05, 0) is 55.0 Å². The molecular weight excluding hydrogens is 402 g/mol. The number of fused-ring (bicyclic) bond motifs is 1. The van der Waals surface area contributed by atoms with Crippen LogP contribution in [0.2, 0.25) is 0 Å². The normalized spacial score (nSPS) is 13.6. The molecule has 3 aromatic rings. The van der Waals surface area contributed by atoms with Gasteiger partial charge in [0.1, 0.15) is 13.3 Å². The van der Waals surface area contributed by atoms with Crippen molar-refractivity contribution in [1.82, 2.24) is 4.57 Å². The molecule has 0 saturated carbocycles. The third-order valence-electron chi connectivity index (χ3n) is 4.92. The molecule has 7 nitrogen and oxygen atoms in total. The first-order chi connectivity index (χ1) is 14.5. The number of hydrogen-bond acceptors (Lipinski definition) is 7. The summed E-state index contributed by atoms with van der Waals surface area (Å²) < 4.78 is 12.9. The Bertz CT molecular complexity index is 1280. The number of carbonyl (C=O) groups is 1. The van der Waals surface area contributed by atoms with Crippen molar-refractivity contribution in [2.75, 3.05) is 25.8 Å². The van der Waals surface area contributed by atoms with E-state index in [-0.39, 0.29) is 11.3 Å². The molecule has 8 heteroatoms. The maximum Gasteiger partial charge on any atom is 0.271 e. The Balaban J connectivity index is 1.65. The van der Waals surface area contributed by atoms with Gasteiger partial charge in [-0.15, -0.1) is 0 Å². The minimum absolute atomic E-state index is 0.0246. The Morgan fingerprint density at radius 2 is 1.83 bits per heavy atom. The zero-order chi connectivity index (χ0) is 21.3. The number of benzene rings is 2. The van der Waals surface area contributed by atoms with Gasteiger partial charge in [-0.25, -0.2) is 4.99 Å². The monoisotopic (exact) mass is 423 g/mol. The van der Waals surface area contributed by atoms with Gasteiger partial charge in [-0.2, -0.15) is 0 Å². The number of aromatic nitrogens is 1. The lowest BCUT2D eigenvalue weighted by Gasteiger charge is -2.25. The Kier molecular flexibility index (Phi) is 5.41. The number of rotatable bonds is 5. The van der Waals surface area contributed by atoms with Crippen LogP contribution in [0.15, 0.2) is 52.3 Å². The number of anilines is 1. The van der Waals surface area contributed by atoms with Gasteiger partial charge in [-0.1, -0.05) is 17.4 Å². The maximum absolute atomic E-state index is 13.0. The molecule has 0 N–H and O–H groups in total. The molecule has 0 bridgehead atoms. The fourth-order valence-electron chi connectivity index (χ4n) is 3.28. The molecule has 1 aliphatic heterocycles. The van der Waals surface area contributed by atoms with Crippen molar-refractivity contribution in [2.45, 2.75) is 13.6 Å². The first kappa shape index (κ1) is 19.9. The fraction of sp³-hybridized carbons (Fsp3) is 0.227. The van der Waals surface area contributed by atoms with E-state index in [9.17, 15) is 9.59 Å². The molecule has 4 rings (SSSR count). The Morgan fingerprint density at radius 3 is 2.50 bits per heavy atom. The summed E-state index contributed by atoms with van der Waals surface area (Å²) in [6, 6.07) is 12.9. The van der Waals surface area contributed by atoms with Crippen LogP contribution in [0.25, 0.3) is 6.08 Å². The van der Waals surface area contributed by atoms with E-state index in [4.69, 9.17) is 9.47 Å². The highest BCUT2D eigenvalue weighted by Gasteiger charge is 2.16. The summed E-state index contributed by atoms with van der Waals surface area (Å²) in [5.41, 5.74) is 2.34. The number of hydrogen-bond donors (Lipinski definition) is 0. The third-order valence-corrected chi connectivity index (χ3v) is 5.97. The highest BCUT2D eigenvalue weighted by molar-refractivity contribution is 7.07. The predicted molar refractivity (Wildman–Crippen MR) is 116 cm³/mol. The number of ketones is 1. The molecule has 154 valence electrons. The van der Waals surface area contributed by atoms with Crippen molar-refractivity contribution in [3.8, 4) is 11.5 Å². The largest absolute Gasteiger partial charge is 0.493 e. The molecule has 2 heterocycles. The van der Waals surface area contributed by atoms with E-state index in [1.165, 1.54) is 11.3 Å². The van der Waals surface area contributed by atoms with E-state index in [1.54, 1.807) is 37.8 Å². The second kappa shape index (κ2) is 8.16. The van der Waals surface area contributed by atoms with Gasteiger partial charge in [0.25, 0.3) is 5.56 Å². The van der Waals surface area contributed by atoms with Crippen LogP contribution in [0, 0.1) is 0 Å². The SMILES string of the molecule is COc1ccc(/C=c2\sc3n(c2=O)CN(c2ccc(C(C)=O)cc2)CN=3)cc1OC. The predicted octanol–water partition coefficient (Wildman–Crippen LogP) is 2.01. The lowest BCUT2D eigenvalue weighted by atomic mass is 10.1. The Labute approximate surface area is 177 Å². The van der Waals surface area contributed by atoms with Crippen LogP contribution in [0.4, 0.5) is 5.69 Å². The second-order valence-electron chi connectivity index (χ2n) is 6.82. The van der Waals surface area contributed by atoms with Crippen LogP contribution in [0.3, 0.4) is 0 Å². The highest BCUT2D eigenvalue weighted by atomic mass is 32.1. The lowest BCUT2D eigenvalue weighted by molar-refractivity contribution is 0.101. The first-order valence-corrected chi connectivity index (χ1v) is 10.2. The van der Waals surface area contributed by atoms with Crippen LogP contribution in [-0.2, 0) is 6.67 Å². The topological polar surface area (TPSA) is 73.1 Å². The molecule has 0 fully saturated rings. The van der Waals surface area contributed by atoms with Gasteiger partial charge in [0.15, 0.2) is 22.1 Å².